The second-order valence-corrected chi connectivity index (χ2v) is 7.59. The summed E-state index contributed by atoms with van der Waals surface area (Å²) < 4.78 is 26.3. The molecule has 0 bridgehead atoms. The summed E-state index contributed by atoms with van der Waals surface area (Å²) in [6.07, 6.45) is 0. The zero-order valence-corrected chi connectivity index (χ0v) is 18.5. The van der Waals surface area contributed by atoms with Crippen LogP contribution in [-0.4, -0.2) is 16.0 Å². The van der Waals surface area contributed by atoms with Gasteiger partial charge in [0.25, 0.3) is 0 Å². The Bertz CT molecular complexity index is 1310. The van der Waals surface area contributed by atoms with Gasteiger partial charge in [0.05, 0.1) is 0 Å². The summed E-state index contributed by atoms with van der Waals surface area (Å²) in [5.41, 5.74) is 3.51. The minimum Gasteiger partial charge on any atom is -0.340 e. The summed E-state index contributed by atoms with van der Waals surface area (Å²) in [4.78, 5) is 21.0. The Balaban J connectivity index is 1.38. The first-order valence-electron chi connectivity index (χ1n) is 10.4. The summed E-state index contributed by atoms with van der Waals surface area (Å²) in [6.45, 7) is 3.84. The van der Waals surface area contributed by atoms with Crippen LogP contribution in [0.4, 0.5) is 48.0 Å². The van der Waals surface area contributed by atoms with E-state index in [9.17, 15) is 13.6 Å². The van der Waals surface area contributed by atoms with Crippen LogP contribution in [0.3, 0.4) is 0 Å². The van der Waals surface area contributed by atoms with Gasteiger partial charge in [-0.1, -0.05) is 17.7 Å². The van der Waals surface area contributed by atoms with Gasteiger partial charge in [0, 0.05) is 34.9 Å². The van der Waals surface area contributed by atoms with Crippen molar-refractivity contribution in [2.75, 3.05) is 21.3 Å². The number of aryl methyl sites for hydroxylation is 2. The fraction of sp³-hybridized carbons (Fsp3) is 0.0800. The van der Waals surface area contributed by atoms with Crippen molar-refractivity contribution in [3.05, 3.63) is 95.8 Å². The van der Waals surface area contributed by atoms with Crippen molar-refractivity contribution in [1.82, 2.24) is 9.97 Å². The van der Waals surface area contributed by atoms with E-state index >= 15 is 0 Å². The number of anilines is 6. The molecule has 4 rings (SSSR count). The zero-order chi connectivity index (χ0) is 24.1. The maximum atomic E-state index is 13.3. The van der Waals surface area contributed by atoms with Gasteiger partial charge in [0.1, 0.15) is 17.5 Å². The second-order valence-electron chi connectivity index (χ2n) is 7.59. The molecular formula is C25H22F2N6O. The summed E-state index contributed by atoms with van der Waals surface area (Å²) in [6, 6.07) is 19.3. The molecule has 4 aromatic rings. The van der Waals surface area contributed by atoms with E-state index in [4.69, 9.17) is 0 Å². The number of hydrogen-bond donors (Lipinski definition) is 4. The first-order chi connectivity index (χ1) is 16.3. The predicted octanol–water partition coefficient (Wildman–Crippen LogP) is 6.50. The molecule has 0 saturated carbocycles. The van der Waals surface area contributed by atoms with Gasteiger partial charge < -0.3 is 21.3 Å². The zero-order valence-electron chi connectivity index (χ0n) is 18.5. The van der Waals surface area contributed by atoms with Crippen LogP contribution in [0.15, 0.2) is 72.8 Å². The van der Waals surface area contributed by atoms with Crippen molar-refractivity contribution in [3.8, 4) is 0 Å². The number of rotatable bonds is 6. The number of halogens is 2. The Morgan fingerprint density at radius 2 is 1.15 bits per heavy atom. The van der Waals surface area contributed by atoms with Crippen LogP contribution in [0.5, 0.6) is 0 Å². The topological polar surface area (TPSA) is 91.0 Å². The third-order valence-corrected chi connectivity index (χ3v) is 4.75. The number of nitrogens with zero attached hydrogens (tertiary/aromatic N) is 2. The lowest BCUT2D eigenvalue weighted by Gasteiger charge is -2.12. The van der Waals surface area contributed by atoms with Crippen LogP contribution >= 0.6 is 0 Å². The van der Waals surface area contributed by atoms with Crippen molar-refractivity contribution in [2.24, 2.45) is 0 Å². The third kappa shape index (κ3) is 6.04. The van der Waals surface area contributed by atoms with E-state index in [0.29, 0.717) is 23.1 Å². The fourth-order valence-electron chi connectivity index (χ4n) is 3.13. The van der Waals surface area contributed by atoms with E-state index in [0.717, 1.165) is 23.5 Å². The maximum Gasteiger partial charge on any atom is 0.323 e. The largest absolute Gasteiger partial charge is 0.340 e. The monoisotopic (exact) mass is 460 g/mol. The molecule has 172 valence electrons. The maximum absolute atomic E-state index is 13.3. The molecule has 0 aliphatic carbocycles. The number of carbonyl (C=O) groups excluding carboxylic acids is 1. The molecule has 1 heterocycles. The standard InChI is InChI=1S/C25H22F2N6O/c1-15-3-5-17(6-4-15)30-23-14-24(29-16(2)28-23)31-18-7-9-19(10-8-18)32-25(34)33-20-11-12-21(26)22(27)13-20/h3-14H,1-2H3,(H2,32,33,34)(H2,28,29,30,31). The van der Waals surface area contributed by atoms with E-state index in [2.05, 4.69) is 31.2 Å². The van der Waals surface area contributed by atoms with Crippen LogP contribution in [0.2, 0.25) is 0 Å². The van der Waals surface area contributed by atoms with Crippen molar-refractivity contribution >= 4 is 40.4 Å². The number of amides is 2. The molecule has 0 aliphatic rings. The van der Waals surface area contributed by atoms with Crippen molar-refractivity contribution < 1.29 is 13.6 Å². The van der Waals surface area contributed by atoms with Crippen molar-refractivity contribution in [2.45, 2.75) is 13.8 Å². The van der Waals surface area contributed by atoms with Crippen LogP contribution in [0.25, 0.3) is 0 Å². The molecule has 0 saturated heterocycles. The average Bonchev–Trinajstić information content (AvgIpc) is 2.79. The van der Waals surface area contributed by atoms with Crippen LogP contribution in [0, 0.1) is 25.5 Å². The van der Waals surface area contributed by atoms with E-state index in [1.165, 1.54) is 11.6 Å². The number of aromatic nitrogens is 2. The van der Waals surface area contributed by atoms with Gasteiger partial charge in [-0.25, -0.2) is 23.5 Å². The van der Waals surface area contributed by atoms with Gasteiger partial charge in [-0.05, 0) is 62.4 Å². The lowest BCUT2D eigenvalue weighted by atomic mass is 10.2. The molecule has 0 atom stereocenters. The Hall–Kier alpha value is -4.53. The Morgan fingerprint density at radius 3 is 1.74 bits per heavy atom. The fourth-order valence-corrected chi connectivity index (χ4v) is 3.13. The summed E-state index contributed by atoms with van der Waals surface area (Å²) in [5.74, 6) is -0.145. The molecule has 7 nitrogen and oxygen atoms in total. The normalized spacial score (nSPS) is 10.5. The minimum absolute atomic E-state index is 0.142. The SMILES string of the molecule is Cc1ccc(Nc2cc(Nc3ccc(NC(=O)Nc4ccc(F)c(F)c4)cc3)nc(C)n2)cc1. The number of benzene rings is 3. The summed E-state index contributed by atoms with van der Waals surface area (Å²) >= 11 is 0. The van der Waals surface area contributed by atoms with E-state index in [-0.39, 0.29) is 5.69 Å². The molecule has 4 N–H and O–H groups in total. The summed E-state index contributed by atoms with van der Waals surface area (Å²) in [5, 5.41) is 11.6. The van der Waals surface area contributed by atoms with Gasteiger partial charge in [-0.2, -0.15) is 0 Å². The molecule has 1 aromatic heterocycles. The number of carbonyl (C=O) groups is 1. The van der Waals surface area contributed by atoms with E-state index < -0.39 is 17.7 Å². The average molecular weight is 460 g/mol. The van der Waals surface area contributed by atoms with Gasteiger partial charge in [-0.15, -0.1) is 0 Å². The highest BCUT2D eigenvalue weighted by Gasteiger charge is 2.07. The van der Waals surface area contributed by atoms with Gasteiger partial charge in [0.15, 0.2) is 11.6 Å². The van der Waals surface area contributed by atoms with Crippen molar-refractivity contribution in [3.63, 3.8) is 0 Å². The molecule has 2 amide bonds. The van der Waals surface area contributed by atoms with Crippen LogP contribution in [0.1, 0.15) is 11.4 Å². The minimum atomic E-state index is -1.04. The van der Waals surface area contributed by atoms with Gasteiger partial charge >= 0.3 is 6.03 Å². The first-order valence-corrected chi connectivity index (χ1v) is 10.4. The smallest absolute Gasteiger partial charge is 0.323 e. The number of hydrogen-bond acceptors (Lipinski definition) is 5. The first kappa shape index (κ1) is 22.7. The highest BCUT2D eigenvalue weighted by atomic mass is 19.2. The lowest BCUT2D eigenvalue weighted by molar-refractivity contribution is 0.262. The molecule has 9 heteroatoms. The molecule has 34 heavy (non-hydrogen) atoms. The molecule has 0 aliphatic heterocycles. The third-order valence-electron chi connectivity index (χ3n) is 4.75. The molecular weight excluding hydrogens is 438 g/mol. The highest BCUT2D eigenvalue weighted by Crippen LogP contribution is 2.22. The van der Waals surface area contributed by atoms with Crippen LogP contribution in [-0.2, 0) is 0 Å². The summed E-state index contributed by atoms with van der Waals surface area (Å²) in [7, 11) is 0. The van der Waals surface area contributed by atoms with Gasteiger partial charge in [0.2, 0.25) is 0 Å². The molecule has 0 spiro atoms. The molecule has 0 radical (unpaired) electrons. The predicted molar refractivity (Wildman–Crippen MR) is 130 cm³/mol. The highest BCUT2D eigenvalue weighted by molar-refractivity contribution is 5.99. The second kappa shape index (κ2) is 9.95. The molecule has 0 fully saturated rings. The number of nitrogens with one attached hydrogen (secondary N) is 4. The van der Waals surface area contributed by atoms with E-state index in [1.807, 2.05) is 38.1 Å². The number of urea groups is 1. The molecule has 0 unspecified atom stereocenters. The Kier molecular flexibility index (Phi) is 6.63. The van der Waals surface area contributed by atoms with E-state index in [1.54, 1.807) is 30.3 Å². The lowest BCUT2D eigenvalue weighted by Crippen LogP contribution is -2.19. The van der Waals surface area contributed by atoms with Crippen LogP contribution < -0.4 is 21.3 Å². The quantitative estimate of drug-likeness (QED) is 0.264. The Morgan fingerprint density at radius 1 is 0.647 bits per heavy atom. The van der Waals surface area contributed by atoms with Crippen molar-refractivity contribution in [1.29, 1.82) is 0 Å². The molecule has 3 aromatic carbocycles. The van der Waals surface area contributed by atoms with Gasteiger partial charge in [-0.3, -0.25) is 0 Å². The Labute approximate surface area is 195 Å².